The lowest BCUT2D eigenvalue weighted by Crippen LogP contribution is -2.30. The molecule has 0 aliphatic heterocycles. The molecule has 0 spiro atoms. The summed E-state index contributed by atoms with van der Waals surface area (Å²) in [4.78, 5) is 11.9. The van der Waals surface area contributed by atoms with E-state index < -0.39 is 6.10 Å². The molecular weight excluding hydrogens is 214 g/mol. The van der Waals surface area contributed by atoms with Gasteiger partial charge in [-0.1, -0.05) is 43.2 Å². The molecule has 1 saturated carbocycles. The lowest BCUT2D eigenvalue weighted by molar-refractivity contribution is -0.136. The van der Waals surface area contributed by atoms with E-state index in [1.54, 1.807) is 7.05 Å². The number of ether oxygens (including phenoxy) is 1. The van der Waals surface area contributed by atoms with Gasteiger partial charge in [-0.2, -0.15) is 0 Å². The van der Waals surface area contributed by atoms with Crippen molar-refractivity contribution in [2.45, 2.75) is 37.9 Å². The second kappa shape index (κ2) is 5.82. The highest BCUT2D eigenvalue weighted by Crippen LogP contribution is 2.27. The fourth-order valence-corrected chi connectivity index (χ4v) is 2.27. The molecule has 0 aromatic heterocycles. The van der Waals surface area contributed by atoms with Gasteiger partial charge in [-0.05, 0) is 18.4 Å². The van der Waals surface area contributed by atoms with Gasteiger partial charge in [0.05, 0.1) is 6.10 Å². The first-order chi connectivity index (χ1) is 8.31. The van der Waals surface area contributed by atoms with Crippen molar-refractivity contribution in [2.24, 2.45) is 0 Å². The third-order valence-electron chi connectivity index (χ3n) is 3.22. The van der Waals surface area contributed by atoms with Gasteiger partial charge >= 0.3 is 0 Å². The van der Waals surface area contributed by atoms with Crippen molar-refractivity contribution in [3.05, 3.63) is 35.9 Å². The zero-order chi connectivity index (χ0) is 12.1. The number of likely N-dealkylation sites (N-methyl/N-ethyl adjacent to an activating group) is 1. The molecule has 1 amide bonds. The molecule has 2 rings (SSSR count). The predicted octanol–water partition coefficient (Wildman–Crippen LogP) is 2.43. The summed E-state index contributed by atoms with van der Waals surface area (Å²) in [7, 11) is 1.65. The minimum Gasteiger partial charge on any atom is -0.360 e. The van der Waals surface area contributed by atoms with Crippen LogP contribution in [0.3, 0.4) is 0 Å². The van der Waals surface area contributed by atoms with Crippen molar-refractivity contribution in [1.82, 2.24) is 5.32 Å². The first kappa shape index (κ1) is 12.1. The van der Waals surface area contributed by atoms with E-state index in [0.29, 0.717) is 0 Å². The summed E-state index contributed by atoms with van der Waals surface area (Å²) >= 11 is 0. The number of amides is 1. The second-order valence-corrected chi connectivity index (χ2v) is 4.45. The number of hydrogen-bond donors (Lipinski definition) is 1. The minimum absolute atomic E-state index is 0.0666. The molecule has 0 radical (unpaired) electrons. The Balaban J connectivity index is 2.10. The number of nitrogens with one attached hydrogen (secondary N) is 1. The van der Waals surface area contributed by atoms with E-state index in [2.05, 4.69) is 5.32 Å². The highest BCUT2D eigenvalue weighted by atomic mass is 16.5. The molecule has 17 heavy (non-hydrogen) atoms. The number of benzene rings is 1. The predicted molar refractivity (Wildman–Crippen MR) is 66.6 cm³/mol. The SMILES string of the molecule is CNC(=O)[C@H](OC1CCCC1)c1ccccc1. The summed E-state index contributed by atoms with van der Waals surface area (Å²) < 4.78 is 5.94. The molecule has 0 unspecified atom stereocenters. The van der Waals surface area contributed by atoms with Crippen LogP contribution in [-0.2, 0) is 9.53 Å². The van der Waals surface area contributed by atoms with E-state index >= 15 is 0 Å². The highest BCUT2D eigenvalue weighted by Gasteiger charge is 2.26. The van der Waals surface area contributed by atoms with Crippen molar-refractivity contribution in [3.63, 3.8) is 0 Å². The largest absolute Gasteiger partial charge is 0.360 e. The first-order valence-corrected chi connectivity index (χ1v) is 6.23. The number of hydrogen-bond acceptors (Lipinski definition) is 2. The summed E-state index contributed by atoms with van der Waals surface area (Å²) in [5, 5.41) is 2.67. The molecule has 1 fully saturated rings. The van der Waals surface area contributed by atoms with Crippen molar-refractivity contribution < 1.29 is 9.53 Å². The van der Waals surface area contributed by atoms with Gasteiger partial charge in [-0.3, -0.25) is 4.79 Å². The summed E-state index contributed by atoms with van der Waals surface area (Å²) in [5.41, 5.74) is 0.929. The normalized spacial score (nSPS) is 17.9. The standard InChI is InChI=1S/C14H19NO2/c1-15-14(16)13(11-7-3-2-4-8-11)17-12-9-5-6-10-12/h2-4,7-8,12-13H,5-6,9-10H2,1H3,(H,15,16)/t13-/m1/s1. The molecule has 3 heteroatoms. The van der Waals surface area contributed by atoms with Gasteiger partial charge in [0, 0.05) is 7.05 Å². The third-order valence-corrected chi connectivity index (χ3v) is 3.22. The fraction of sp³-hybridized carbons (Fsp3) is 0.500. The summed E-state index contributed by atoms with van der Waals surface area (Å²) in [6, 6.07) is 9.69. The Morgan fingerprint density at radius 1 is 1.29 bits per heavy atom. The van der Waals surface area contributed by atoms with E-state index in [1.165, 1.54) is 12.8 Å². The van der Waals surface area contributed by atoms with Crippen molar-refractivity contribution in [2.75, 3.05) is 7.05 Å². The average molecular weight is 233 g/mol. The molecule has 1 atom stereocenters. The van der Waals surface area contributed by atoms with Crippen LogP contribution >= 0.6 is 0 Å². The van der Waals surface area contributed by atoms with E-state index in [4.69, 9.17) is 4.74 Å². The zero-order valence-corrected chi connectivity index (χ0v) is 10.2. The molecule has 0 heterocycles. The lowest BCUT2D eigenvalue weighted by Gasteiger charge is -2.21. The Bertz CT molecular complexity index is 358. The molecule has 1 aliphatic rings. The molecule has 92 valence electrons. The van der Waals surface area contributed by atoms with Crippen LogP contribution < -0.4 is 5.32 Å². The summed E-state index contributed by atoms with van der Waals surface area (Å²) in [6.07, 6.45) is 4.32. The maximum atomic E-state index is 11.9. The van der Waals surface area contributed by atoms with Crippen molar-refractivity contribution >= 4 is 5.91 Å². The van der Waals surface area contributed by atoms with Crippen LogP contribution in [0.25, 0.3) is 0 Å². The van der Waals surface area contributed by atoms with Crippen LogP contribution in [-0.4, -0.2) is 19.1 Å². The van der Waals surface area contributed by atoms with E-state index in [1.807, 2.05) is 30.3 Å². The Labute approximate surface area is 102 Å². The van der Waals surface area contributed by atoms with Gasteiger partial charge in [0.15, 0.2) is 6.10 Å². The van der Waals surface area contributed by atoms with E-state index in [-0.39, 0.29) is 12.0 Å². The van der Waals surface area contributed by atoms with Crippen molar-refractivity contribution in [3.8, 4) is 0 Å². The van der Waals surface area contributed by atoms with Crippen LogP contribution in [0.2, 0.25) is 0 Å². The molecule has 1 aromatic rings. The maximum Gasteiger partial charge on any atom is 0.253 e. The van der Waals surface area contributed by atoms with E-state index in [9.17, 15) is 4.79 Å². The van der Waals surface area contributed by atoms with Crippen LogP contribution in [0.15, 0.2) is 30.3 Å². The van der Waals surface area contributed by atoms with Gasteiger partial charge in [-0.15, -0.1) is 0 Å². The molecular formula is C14H19NO2. The Hall–Kier alpha value is -1.35. The smallest absolute Gasteiger partial charge is 0.253 e. The summed E-state index contributed by atoms with van der Waals surface area (Å²) in [5.74, 6) is -0.0666. The van der Waals surface area contributed by atoms with Gasteiger partial charge in [0.25, 0.3) is 5.91 Å². The highest BCUT2D eigenvalue weighted by molar-refractivity contribution is 5.81. The molecule has 3 nitrogen and oxygen atoms in total. The molecule has 1 aliphatic carbocycles. The minimum atomic E-state index is -0.468. The quantitative estimate of drug-likeness (QED) is 0.867. The summed E-state index contributed by atoms with van der Waals surface area (Å²) in [6.45, 7) is 0. The Morgan fingerprint density at radius 3 is 2.53 bits per heavy atom. The van der Waals surface area contributed by atoms with Crippen LogP contribution in [0.5, 0.6) is 0 Å². The molecule has 0 bridgehead atoms. The lowest BCUT2D eigenvalue weighted by atomic mass is 10.1. The van der Waals surface area contributed by atoms with E-state index in [0.717, 1.165) is 18.4 Å². The maximum absolute atomic E-state index is 11.9. The molecule has 1 N–H and O–H groups in total. The molecule has 0 saturated heterocycles. The second-order valence-electron chi connectivity index (χ2n) is 4.45. The Morgan fingerprint density at radius 2 is 1.94 bits per heavy atom. The zero-order valence-electron chi connectivity index (χ0n) is 10.2. The van der Waals surface area contributed by atoms with Crippen LogP contribution in [0.1, 0.15) is 37.4 Å². The first-order valence-electron chi connectivity index (χ1n) is 6.23. The molecule has 1 aromatic carbocycles. The average Bonchev–Trinajstić information content (AvgIpc) is 2.89. The monoisotopic (exact) mass is 233 g/mol. The third kappa shape index (κ3) is 3.07. The number of rotatable bonds is 4. The van der Waals surface area contributed by atoms with Gasteiger partial charge in [0.1, 0.15) is 0 Å². The topological polar surface area (TPSA) is 38.3 Å². The van der Waals surface area contributed by atoms with Crippen molar-refractivity contribution in [1.29, 1.82) is 0 Å². The number of carbonyl (C=O) groups excluding carboxylic acids is 1. The fourth-order valence-electron chi connectivity index (χ4n) is 2.27. The van der Waals surface area contributed by atoms with Crippen LogP contribution in [0, 0.1) is 0 Å². The number of carbonyl (C=O) groups is 1. The van der Waals surface area contributed by atoms with Gasteiger partial charge < -0.3 is 10.1 Å². The van der Waals surface area contributed by atoms with Crippen LogP contribution in [0.4, 0.5) is 0 Å². The Kier molecular flexibility index (Phi) is 4.15. The van der Waals surface area contributed by atoms with Gasteiger partial charge in [-0.25, -0.2) is 0 Å². The van der Waals surface area contributed by atoms with Gasteiger partial charge in [0.2, 0.25) is 0 Å².